The lowest BCUT2D eigenvalue weighted by Gasteiger charge is -2.37. The number of imidazole rings is 1. The lowest BCUT2D eigenvalue weighted by Crippen LogP contribution is -2.56. The van der Waals surface area contributed by atoms with Crippen LogP contribution in [0.4, 0.5) is 15.9 Å². The van der Waals surface area contributed by atoms with Crippen molar-refractivity contribution in [3.8, 4) is 34.0 Å². The largest absolute Gasteiger partial charge is 0.384 e. The van der Waals surface area contributed by atoms with Crippen molar-refractivity contribution in [2.45, 2.75) is 6.04 Å². The summed E-state index contributed by atoms with van der Waals surface area (Å²) in [5.41, 5.74) is 12.5. The first kappa shape index (κ1) is 25.9. The summed E-state index contributed by atoms with van der Waals surface area (Å²) < 4.78 is 14.7. The van der Waals surface area contributed by atoms with Crippen LogP contribution in [0.25, 0.3) is 56.2 Å². The van der Waals surface area contributed by atoms with E-state index in [0.717, 1.165) is 36.5 Å². The van der Waals surface area contributed by atoms with Gasteiger partial charge in [-0.2, -0.15) is 5.10 Å². The predicted molar refractivity (Wildman–Crippen MR) is 160 cm³/mol. The number of likely N-dealkylation sites (N-methyl/N-ethyl adjacent to an activating group) is 1. The van der Waals surface area contributed by atoms with Crippen molar-refractivity contribution in [2.75, 3.05) is 50.5 Å². The summed E-state index contributed by atoms with van der Waals surface area (Å²) in [5, 5.41) is 10.8. The molecule has 1 aliphatic heterocycles. The molecule has 0 atom stereocenters. The van der Waals surface area contributed by atoms with E-state index < -0.39 is 0 Å². The number of rotatable bonds is 8. The van der Waals surface area contributed by atoms with Crippen LogP contribution in [0.2, 0.25) is 0 Å². The molecule has 0 amide bonds. The van der Waals surface area contributed by atoms with E-state index in [2.05, 4.69) is 40.3 Å². The monoisotopic (exact) mass is 564 g/mol. The number of aromatic amines is 2. The second-order valence-electron chi connectivity index (χ2n) is 10.7. The van der Waals surface area contributed by atoms with Crippen LogP contribution >= 0.6 is 0 Å². The van der Waals surface area contributed by atoms with Crippen LogP contribution in [0.1, 0.15) is 0 Å². The molecule has 0 radical (unpaired) electrons. The molecule has 7 rings (SSSR count). The molecule has 0 aliphatic carbocycles. The average molecular weight is 565 g/mol. The van der Waals surface area contributed by atoms with Gasteiger partial charge in [-0.15, -0.1) is 0 Å². The van der Waals surface area contributed by atoms with Gasteiger partial charge in [-0.3, -0.25) is 10.1 Å². The van der Waals surface area contributed by atoms with Crippen LogP contribution in [0.5, 0.6) is 0 Å². The van der Waals surface area contributed by atoms with E-state index in [1.807, 2.05) is 38.4 Å². The van der Waals surface area contributed by atoms with Gasteiger partial charge in [0.1, 0.15) is 22.8 Å². The first-order valence-electron chi connectivity index (χ1n) is 13.6. The highest BCUT2D eigenvalue weighted by atomic mass is 19.1. The van der Waals surface area contributed by atoms with Crippen molar-refractivity contribution >= 4 is 33.7 Å². The number of hydrogen-bond acceptors (Lipinski definition) is 10. The van der Waals surface area contributed by atoms with Gasteiger partial charge in [0.15, 0.2) is 17.2 Å². The summed E-state index contributed by atoms with van der Waals surface area (Å²) >= 11 is 0. The molecule has 5 aromatic heterocycles. The standard InChI is InChI=1S/C29H29FN12/c1-41(2)8-7-33-19-10-16(9-17(30)11-19)20-5-6-34-28-25(20)37-29(38-28)27-26-22(39-40-27)4-3-21(36-26)23-12-32-13-24(35-23)42-14-18(31)15-42/h3-6,9-13,18,33H,7-8,14-15,31H2,1-2H3,(H,39,40)(H,34,37,38). The molecule has 6 aromatic rings. The molecule has 1 fully saturated rings. The summed E-state index contributed by atoms with van der Waals surface area (Å²) in [6.45, 7) is 3.03. The maximum Gasteiger partial charge on any atom is 0.178 e. The van der Waals surface area contributed by atoms with Crippen LogP contribution < -0.4 is 16.0 Å². The highest BCUT2D eigenvalue weighted by Gasteiger charge is 2.25. The van der Waals surface area contributed by atoms with Gasteiger partial charge < -0.3 is 25.8 Å². The number of hydrogen-bond donors (Lipinski definition) is 4. The van der Waals surface area contributed by atoms with Gasteiger partial charge in [-0.25, -0.2) is 24.3 Å². The van der Waals surface area contributed by atoms with Crippen LogP contribution in [-0.2, 0) is 0 Å². The number of aromatic nitrogens is 8. The first-order valence-corrected chi connectivity index (χ1v) is 13.6. The Bertz CT molecular complexity index is 1910. The molecule has 1 aliphatic rings. The Morgan fingerprint density at radius 3 is 2.79 bits per heavy atom. The van der Waals surface area contributed by atoms with Crippen LogP contribution in [0.3, 0.4) is 0 Å². The van der Waals surface area contributed by atoms with Gasteiger partial charge >= 0.3 is 0 Å². The molecule has 12 nitrogen and oxygen atoms in total. The number of nitrogens with one attached hydrogen (secondary N) is 3. The maximum atomic E-state index is 14.7. The topological polar surface area (TPSA) is 153 Å². The average Bonchev–Trinajstić information content (AvgIpc) is 3.59. The zero-order chi connectivity index (χ0) is 28.8. The third-order valence-electron chi connectivity index (χ3n) is 7.24. The second kappa shape index (κ2) is 10.4. The van der Waals surface area contributed by atoms with Crippen molar-refractivity contribution < 1.29 is 4.39 Å². The second-order valence-corrected chi connectivity index (χ2v) is 10.7. The normalized spacial score (nSPS) is 13.8. The Morgan fingerprint density at radius 2 is 1.95 bits per heavy atom. The molecular formula is C29H29FN12. The Morgan fingerprint density at radius 1 is 1.07 bits per heavy atom. The fourth-order valence-electron chi connectivity index (χ4n) is 5.07. The molecule has 0 bridgehead atoms. The number of H-pyrrole nitrogens is 2. The zero-order valence-electron chi connectivity index (χ0n) is 23.1. The van der Waals surface area contributed by atoms with Crippen LogP contribution in [0, 0.1) is 5.82 Å². The van der Waals surface area contributed by atoms with E-state index in [1.54, 1.807) is 18.6 Å². The van der Waals surface area contributed by atoms with Crippen molar-refractivity contribution in [1.29, 1.82) is 0 Å². The Hall–Kier alpha value is -5.01. The first-order chi connectivity index (χ1) is 20.4. The number of fused-ring (bicyclic) bond motifs is 2. The van der Waals surface area contributed by atoms with Gasteiger partial charge in [-0.05, 0) is 56.1 Å². The molecule has 1 aromatic carbocycles. The Labute approximate surface area is 240 Å². The van der Waals surface area contributed by atoms with Crippen LogP contribution in [-0.4, -0.2) is 91.3 Å². The number of halogens is 1. The molecule has 212 valence electrons. The Balaban J connectivity index is 1.24. The molecule has 13 heteroatoms. The Kier molecular flexibility index (Phi) is 6.44. The number of pyridine rings is 2. The fourth-order valence-corrected chi connectivity index (χ4v) is 5.07. The summed E-state index contributed by atoms with van der Waals surface area (Å²) in [6, 6.07) is 10.7. The lowest BCUT2D eigenvalue weighted by atomic mass is 10.0. The third kappa shape index (κ3) is 4.88. The maximum absolute atomic E-state index is 14.7. The predicted octanol–water partition coefficient (Wildman–Crippen LogP) is 3.28. The number of nitrogens with two attached hydrogens (primary N) is 1. The van der Waals surface area contributed by atoms with Crippen molar-refractivity contribution in [2.24, 2.45) is 5.73 Å². The minimum Gasteiger partial charge on any atom is -0.384 e. The van der Waals surface area contributed by atoms with E-state index in [1.165, 1.54) is 12.1 Å². The molecule has 0 saturated carbocycles. The summed E-state index contributed by atoms with van der Waals surface area (Å²) in [6.07, 6.45) is 5.09. The highest BCUT2D eigenvalue weighted by molar-refractivity contribution is 5.95. The van der Waals surface area contributed by atoms with Gasteiger partial charge in [-0.1, -0.05) is 0 Å². The van der Waals surface area contributed by atoms with Crippen molar-refractivity contribution in [3.05, 3.63) is 60.8 Å². The fraction of sp³-hybridized carbons (Fsp3) is 0.241. The van der Waals surface area contributed by atoms with Gasteiger partial charge in [0.2, 0.25) is 0 Å². The summed E-state index contributed by atoms with van der Waals surface area (Å²) in [5.74, 6) is 0.937. The highest BCUT2D eigenvalue weighted by Crippen LogP contribution is 2.32. The van der Waals surface area contributed by atoms with Gasteiger partial charge in [0.25, 0.3) is 0 Å². The lowest BCUT2D eigenvalue weighted by molar-refractivity contribution is 0.425. The molecular weight excluding hydrogens is 535 g/mol. The quantitative estimate of drug-likeness (QED) is 0.217. The van der Waals surface area contributed by atoms with E-state index in [9.17, 15) is 4.39 Å². The van der Waals surface area contributed by atoms with Crippen LogP contribution in [0.15, 0.2) is 55.0 Å². The molecule has 0 spiro atoms. The molecule has 1 saturated heterocycles. The molecule has 6 heterocycles. The minimum absolute atomic E-state index is 0.157. The smallest absolute Gasteiger partial charge is 0.178 e. The molecule has 5 N–H and O–H groups in total. The van der Waals surface area contributed by atoms with Crippen molar-refractivity contribution in [3.63, 3.8) is 0 Å². The third-order valence-corrected chi connectivity index (χ3v) is 7.24. The molecule has 0 unspecified atom stereocenters. The summed E-state index contributed by atoms with van der Waals surface area (Å²) in [7, 11) is 4.00. The van der Waals surface area contributed by atoms with Crippen molar-refractivity contribution in [1.82, 2.24) is 45.0 Å². The van der Waals surface area contributed by atoms with E-state index >= 15 is 0 Å². The SMILES string of the molecule is CN(C)CCNc1cc(F)cc(-c2ccnc3nc(-c4n[nH]c5ccc(-c6cncc(N7CC(N)C7)n6)nc45)[nH]c23)c1. The molecule has 42 heavy (non-hydrogen) atoms. The van der Waals surface area contributed by atoms with Gasteiger partial charge in [0.05, 0.1) is 29.1 Å². The zero-order valence-corrected chi connectivity index (χ0v) is 23.1. The van der Waals surface area contributed by atoms with E-state index in [4.69, 9.17) is 20.7 Å². The number of anilines is 2. The van der Waals surface area contributed by atoms with Gasteiger partial charge in [0, 0.05) is 49.7 Å². The summed E-state index contributed by atoms with van der Waals surface area (Å²) in [4.78, 5) is 30.7. The van der Waals surface area contributed by atoms with E-state index in [0.29, 0.717) is 57.4 Å². The van der Waals surface area contributed by atoms with E-state index in [-0.39, 0.29) is 11.9 Å². The number of nitrogens with zero attached hydrogens (tertiary/aromatic N) is 8. The number of benzene rings is 1. The minimum atomic E-state index is -0.330.